The van der Waals surface area contributed by atoms with E-state index in [0.29, 0.717) is 6.61 Å². The molecule has 0 N–H and O–H groups in total. The van der Waals surface area contributed by atoms with Crippen LogP contribution in [0.15, 0.2) is 28.7 Å². The van der Waals surface area contributed by atoms with Crippen LogP contribution in [0.3, 0.4) is 0 Å². The van der Waals surface area contributed by atoms with Crippen LogP contribution in [0.1, 0.15) is 38.6 Å². The highest BCUT2D eigenvalue weighted by molar-refractivity contribution is 5.72. The van der Waals surface area contributed by atoms with Crippen molar-refractivity contribution < 1.29 is 13.9 Å². The molecule has 0 saturated carbocycles. The largest absolute Gasteiger partial charge is 0.450 e. The molecule has 1 unspecified atom stereocenters. The first-order chi connectivity index (χ1) is 11.6. The number of para-hydroxylation sites is 2. The first-order valence-electron chi connectivity index (χ1n) is 8.59. The number of hydrogen-bond acceptors (Lipinski definition) is 5. The molecule has 24 heavy (non-hydrogen) atoms. The van der Waals surface area contributed by atoms with Crippen molar-refractivity contribution in [3.63, 3.8) is 0 Å². The number of likely N-dealkylation sites (tertiary alicyclic amines) is 1. The molecule has 1 amide bonds. The molecule has 6 nitrogen and oxygen atoms in total. The third-order valence-electron chi connectivity index (χ3n) is 4.82. The summed E-state index contributed by atoms with van der Waals surface area (Å²) in [4.78, 5) is 20.5. The molecule has 3 rings (SSSR count). The van der Waals surface area contributed by atoms with Gasteiger partial charge >= 0.3 is 6.09 Å². The highest BCUT2D eigenvalue weighted by Crippen LogP contribution is 2.27. The van der Waals surface area contributed by atoms with Crippen LogP contribution in [-0.4, -0.2) is 53.7 Å². The highest BCUT2D eigenvalue weighted by Gasteiger charge is 2.30. The van der Waals surface area contributed by atoms with E-state index in [2.05, 4.69) is 16.8 Å². The number of fused-ring (bicyclic) bond motifs is 1. The molecule has 1 fully saturated rings. The molecule has 2 heterocycles. The minimum Gasteiger partial charge on any atom is -0.450 e. The van der Waals surface area contributed by atoms with Gasteiger partial charge in [-0.15, -0.1) is 0 Å². The van der Waals surface area contributed by atoms with Gasteiger partial charge in [0.2, 0.25) is 5.89 Å². The molecule has 2 aromatic rings. The summed E-state index contributed by atoms with van der Waals surface area (Å²) in [7, 11) is 1.82. The van der Waals surface area contributed by atoms with E-state index in [4.69, 9.17) is 9.15 Å². The van der Waals surface area contributed by atoms with Gasteiger partial charge in [0.25, 0.3) is 0 Å². The Labute approximate surface area is 142 Å². The van der Waals surface area contributed by atoms with Crippen molar-refractivity contribution in [2.45, 2.75) is 38.8 Å². The summed E-state index contributed by atoms with van der Waals surface area (Å²) in [5.74, 6) is 0.758. The number of nitrogens with zero attached hydrogens (tertiary/aromatic N) is 3. The molecule has 0 aliphatic carbocycles. The van der Waals surface area contributed by atoms with Crippen LogP contribution in [0.4, 0.5) is 4.79 Å². The number of hydrogen-bond donors (Lipinski definition) is 0. The summed E-state index contributed by atoms with van der Waals surface area (Å²) >= 11 is 0. The van der Waals surface area contributed by atoms with Gasteiger partial charge in [0.1, 0.15) is 5.52 Å². The van der Waals surface area contributed by atoms with E-state index in [9.17, 15) is 4.79 Å². The number of benzene rings is 1. The molecular formula is C18H25N3O3. The Balaban J connectivity index is 1.60. The SMILES string of the molecule is CCOC(=O)N(C)C1CCN(C(C)c2nc3ccccc3o2)CC1. The molecule has 0 bridgehead atoms. The van der Waals surface area contributed by atoms with Crippen LogP contribution in [0.2, 0.25) is 0 Å². The predicted octanol–water partition coefficient (Wildman–Crippen LogP) is 3.44. The second kappa shape index (κ2) is 7.21. The number of amides is 1. The van der Waals surface area contributed by atoms with E-state index in [1.807, 2.05) is 38.2 Å². The zero-order valence-electron chi connectivity index (χ0n) is 14.6. The summed E-state index contributed by atoms with van der Waals surface area (Å²) < 4.78 is 11.0. The van der Waals surface area contributed by atoms with Crippen LogP contribution in [0, 0.1) is 0 Å². The fourth-order valence-corrected chi connectivity index (χ4v) is 3.26. The molecule has 1 aliphatic heterocycles. The molecule has 1 saturated heterocycles. The van der Waals surface area contributed by atoms with Gasteiger partial charge in [0.05, 0.1) is 12.6 Å². The van der Waals surface area contributed by atoms with Crippen LogP contribution in [0.5, 0.6) is 0 Å². The van der Waals surface area contributed by atoms with Gasteiger partial charge in [0.15, 0.2) is 5.58 Å². The first kappa shape index (κ1) is 16.8. The molecule has 0 radical (unpaired) electrons. The molecular weight excluding hydrogens is 306 g/mol. The number of piperidine rings is 1. The van der Waals surface area contributed by atoms with Crippen molar-refractivity contribution in [3.05, 3.63) is 30.2 Å². The summed E-state index contributed by atoms with van der Waals surface area (Å²) in [5, 5.41) is 0. The third-order valence-corrected chi connectivity index (χ3v) is 4.82. The summed E-state index contributed by atoms with van der Waals surface area (Å²) in [6.07, 6.45) is 1.63. The lowest BCUT2D eigenvalue weighted by molar-refractivity contribution is 0.0684. The van der Waals surface area contributed by atoms with Gasteiger partial charge < -0.3 is 14.1 Å². The van der Waals surface area contributed by atoms with Crippen molar-refractivity contribution in [1.29, 1.82) is 0 Å². The number of ether oxygens (including phenoxy) is 1. The average Bonchev–Trinajstić information content (AvgIpc) is 3.05. The van der Waals surface area contributed by atoms with Crippen molar-refractivity contribution in [3.8, 4) is 0 Å². The smallest absolute Gasteiger partial charge is 0.409 e. The summed E-state index contributed by atoms with van der Waals surface area (Å²) in [6, 6.07) is 8.20. The maximum Gasteiger partial charge on any atom is 0.409 e. The molecule has 1 atom stereocenters. The van der Waals surface area contributed by atoms with Gasteiger partial charge in [-0.1, -0.05) is 12.1 Å². The van der Waals surface area contributed by atoms with Gasteiger partial charge in [-0.3, -0.25) is 4.90 Å². The van der Waals surface area contributed by atoms with Gasteiger partial charge in [-0.25, -0.2) is 9.78 Å². The van der Waals surface area contributed by atoms with E-state index in [-0.39, 0.29) is 18.2 Å². The number of carbonyl (C=O) groups is 1. The number of carbonyl (C=O) groups excluding carboxylic acids is 1. The van der Waals surface area contributed by atoms with Crippen molar-refractivity contribution in [2.75, 3.05) is 26.7 Å². The first-order valence-corrected chi connectivity index (χ1v) is 8.59. The molecule has 1 aromatic heterocycles. The normalized spacial score (nSPS) is 17.8. The lowest BCUT2D eigenvalue weighted by atomic mass is 10.0. The minimum absolute atomic E-state index is 0.131. The van der Waals surface area contributed by atoms with Crippen LogP contribution in [-0.2, 0) is 4.74 Å². The predicted molar refractivity (Wildman–Crippen MR) is 91.8 cm³/mol. The maximum absolute atomic E-state index is 11.8. The van der Waals surface area contributed by atoms with E-state index < -0.39 is 0 Å². The number of aromatic nitrogens is 1. The Hall–Kier alpha value is -2.08. The van der Waals surface area contributed by atoms with E-state index >= 15 is 0 Å². The van der Waals surface area contributed by atoms with Crippen molar-refractivity contribution in [1.82, 2.24) is 14.8 Å². The lowest BCUT2D eigenvalue weighted by Gasteiger charge is -2.38. The Morgan fingerprint density at radius 2 is 2.12 bits per heavy atom. The lowest BCUT2D eigenvalue weighted by Crippen LogP contribution is -2.46. The van der Waals surface area contributed by atoms with Crippen LogP contribution >= 0.6 is 0 Å². The topological polar surface area (TPSA) is 58.8 Å². The quantitative estimate of drug-likeness (QED) is 0.859. The van der Waals surface area contributed by atoms with Gasteiger partial charge in [-0.2, -0.15) is 0 Å². The average molecular weight is 331 g/mol. The number of rotatable bonds is 4. The molecule has 1 aliphatic rings. The van der Waals surface area contributed by atoms with Gasteiger partial charge in [0, 0.05) is 26.2 Å². The zero-order valence-corrected chi connectivity index (χ0v) is 14.6. The Bertz CT molecular complexity index is 659. The number of oxazole rings is 1. The molecule has 0 spiro atoms. The van der Waals surface area contributed by atoms with Crippen LogP contribution in [0.25, 0.3) is 11.1 Å². The molecule has 1 aromatic carbocycles. The van der Waals surface area contributed by atoms with E-state index in [1.165, 1.54) is 0 Å². The summed E-state index contributed by atoms with van der Waals surface area (Å²) in [5.41, 5.74) is 1.73. The second-order valence-electron chi connectivity index (χ2n) is 6.27. The van der Waals surface area contributed by atoms with Crippen molar-refractivity contribution >= 4 is 17.2 Å². The van der Waals surface area contributed by atoms with E-state index in [0.717, 1.165) is 42.9 Å². The van der Waals surface area contributed by atoms with E-state index in [1.54, 1.807) is 4.90 Å². The Morgan fingerprint density at radius 1 is 1.42 bits per heavy atom. The monoisotopic (exact) mass is 331 g/mol. The minimum atomic E-state index is -0.233. The Morgan fingerprint density at radius 3 is 2.79 bits per heavy atom. The maximum atomic E-state index is 11.8. The molecule has 130 valence electrons. The molecule has 6 heteroatoms. The van der Waals surface area contributed by atoms with Gasteiger partial charge in [-0.05, 0) is 38.8 Å². The Kier molecular flexibility index (Phi) is 5.04. The fourth-order valence-electron chi connectivity index (χ4n) is 3.26. The second-order valence-corrected chi connectivity index (χ2v) is 6.27. The van der Waals surface area contributed by atoms with Crippen LogP contribution < -0.4 is 0 Å². The third kappa shape index (κ3) is 3.38. The standard InChI is InChI=1S/C18H25N3O3/c1-4-23-18(22)20(3)14-9-11-21(12-10-14)13(2)17-19-15-7-5-6-8-16(15)24-17/h5-8,13-14H,4,9-12H2,1-3H3. The summed E-state index contributed by atoms with van der Waals surface area (Å²) in [6.45, 7) is 6.19. The highest BCUT2D eigenvalue weighted by atomic mass is 16.6. The zero-order chi connectivity index (χ0) is 17.1. The van der Waals surface area contributed by atoms with Crippen molar-refractivity contribution in [2.24, 2.45) is 0 Å². The fraction of sp³-hybridized carbons (Fsp3) is 0.556.